The molecule has 0 aromatic heterocycles. The zero-order valence-corrected chi connectivity index (χ0v) is 14.0. The average Bonchev–Trinajstić information content (AvgIpc) is 2.47. The summed E-state index contributed by atoms with van der Waals surface area (Å²) >= 11 is 3.45. The molecular weight excluding hydrogens is 320 g/mol. The minimum absolute atomic E-state index is 0.0790. The van der Waals surface area contributed by atoms with Gasteiger partial charge < -0.3 is 14.6 Å². The fraction of sp³-hybridized carbons (Fsp3) is 0.625. The highest BCUT2D eigenvalue weighted by atomic mass is 79.9. The smallest absolute Gasteiger partial charge is 0.133 e. The van der Waals surface area contributed by atoms with E-state index in [0.717, 1.165) is 28.6 Å². The molecule has 0 radical (unpaired) electrons. The highest BCUT2D eigenvalue weighted by molar-refractivity contribution is 9.10. The van der Waals surface area contributed by atoms with Gasteiger partial charge in [-0.25, -0.2) is 0 Å². The molecule has 1 aliphatic rings. The van der Waals surface area contributed by atoms with Crippen LogP contribution in [0.15, 0.2) is 16.6 Å². The lowest BCUT2D eigenvalue weighted by Gasteiger charge is -2.38. The highest BCUT2D eigenvalue weighted by Crippen LogP contribution is 2.49. The Hall–Kier alpha value is -0.740. The van der Waals surface area contributed by atoms with Crippen LogP contribution in [-0.4, -0.2) is 19.3 Å². The summed E-state index contributed by atoms with van der Waals surface area (Å²) in [6.45, 7) is 2.17. The number of hydrogen-bond donors (Lipinski definition) is 1. The van der Waals surface area contributed by atoms with Crippen LogP contribution in [0.2, 0.25) is 0 Å². The number of aliphatic hydroxyl groups is 1. The first-order chi connectivity index (χ1) is 9.51. The van der Waals surface area contributed by atoms with Crippen LogP contribution in [0.25, 0.3) is 0 Å². The van der Waals surface area contributed by atoms with Crippen LogP contribution in [0.4, 0.5) is 0 Å². The Kier molecular flexibility index (Phi) is 4.97. The lowest BCUT2D eigenvalue weighted by molar-refractivity contribution is 0.00656. The van der Waals surface area contributed by atoms with E-state index in [4.69, 9.17) is 9.47 Å². The molecule has 0 bridgehead atoms. The summed E-state index contributed by atoms with van der Waals surface area (Å²) in [6, 6.07) is 3.75. The summed E-state index contributed by atoms with van der Waals surface area (Å²) in [5.41, 5.74) is 0.738. The molecule has 1 saturated carbocycles. The summed E-state index contributed by atoms with van der Waals surface area (Å²) in [5, 5.41) is 10.9. The monoisotopic (exact) mass is 342 g/mol. The summed E-state index contributed by atoms with van der Waals surface area (Å²) in [6.07, 6.45) is 5.21. The molecule has 0 aliphatic heterocycles. The molecule has 0 saturated heterocycles. The van der Waals surface area contributed by atoms with Crippen molar-refractivity contribution < 1.29 is 14.6 Å². The van der Waals surface area contributed by atoms with E-state index in [0.29, 0.717) is 5.75 Å². The molecule has 1 aliphatic carbocycles. The van der Waals surface area contributed by atoms with Crippen molar-refractivity contribution in [2.24, 2.45) is 5.41 Å². The lowest BCUT2D eigenvalue weighted by atomic mass is 9.70. The van der Waals surface area contributed by atoms with E-state index in [9.17, 15) is 5.11 Å². The molecule has 2 rings (SSSR count). The van der Waals surface area contributed by atoms with Crippen molar-refractivity contribution in [1.82, 2.24) is 0 Å². The zero-order chi connectivity index (χ0) is 14.8. The van der Waals surface area contributed by atoms with Gasteiger partial charge in [0.05, 0.1) is 24.8 Å². The van der Waals surface area contributed by atoms with Crippen LogP contribution in [0.5, 0.6) is 11.5 Å². The maximum atomic E-state index is 10.9. The van der Waals surface area contributed by atoms with Crippen LogP contribution in [0, 0.1) is 5.41 Å². The van der Waals surface area contributed by atoms with Crippen molar-refractivity contribution in [3.05, 3.63) is 22.2 Å². The van der Waals surface area contributed by atoms with Crippen LogP contribution in [0.1, 0.15) is 50.7 Å². The van der Waals surface area contributed by atoms with Gasteiger partial charge in [-0.1, -0.05) is 26.2 Å². The van der Waals surface area contributed by atoms with Gasteiger partial charge in [0.15, 0.2) is 0 Å². The van der Waals surface area contributed by atoms with Crippen molar-refractivity contribution >= 4 is 15.9 Å². The maximum absolute atomic E-state index is 10.9. The third-order valence-corrected chi connectivity index (χ3v) is 5.07. The van der Waals surface area contributed by atoms with Gasteiger partial charge in [0, 0.05) is 5.56 Å². The molecule has 0 amide bonds. The molecule has 1 fully saturated rings. The summed E-state index contributed by atoms with van der Waals surface area (Å²) in [5.74, 6) is 1.43. The van der Waals surface area contributed by atoms with E-state index in [1.807, 2.05) is 12.1 Å². The Labute approximate surface area is 129 Å². The first-order valence-corrected chi connectivity index (χ1v) is 7.90. The van der Waals surface area contributed by atoms with Gasteiger partial charge >= 0.3 is 0 Å². The first kappa shape index (κ1) is 15.6. The molecule has 20 heavy (non-hydrogen) atoms. The zero-order valence-electron chi connectivity index (χ0n) is 12.4. The molecular formula is C16H23BrO3. The second-order valence-electron chi connectivity index (χ2n) is 5.85. The number of methoxy groups -OCH3 is 2. The number of halogens is 1. The molecule has 1 aromatic carbocycles. The number of rotatable bonds is 4. The summed E-state index contributed by atoms with van der Waals surface area (Å²) in [4.78, 5) is 0. The van der Waals surface area contributed by atoms with Crippen molar-refractivity contribution in [3.63, 3.8) is 0 Å². The van der Waals surface area contributed by atoms with E-state index in [-0.39, 0.29) is 5.41 Å². The Bertz CT molecular complexity index is 467. The fourth-order valence-corrected chi connectivity index (χ4v) is 3.59. The predicted octanol–water partition coefficient (Wildman–Crippen LogP) is 4.47. The normalized spacial score (nSPS) is 19.4. The van der Waals surface area contributed by atoms with E-state index in [1.54, 1.807) is 14.2 Å². The first-order valence-electron chi connectivity index (χ1n) is 7.11. The quantitative estimate of drug-likeness (QED) is 0.877. The molecule has 3 nitrogen and oxygen atoms in total. The minimum Gasteiger partial charge on any atom is -0.496 e. The second-order valence-corrected chi connectivity index (χ2v) is 6.70. The summed E-state index contributed by atoms with van der Waals surface area (Å²) in [7, 11) is 3.26. The number of hydrogen-bond acceptors (Lipinski definition) is 3. The van der Waals surface area contributed by atoms with Crippen molar-refractivity contribution in [3.8, 4) is 11.5 Å². The van der Waals surface area contributed by atoms with Crippen molar-refractivity contribution in [2.45, 2.75) is 45.1 Å². The van der Waals surface area contributed by atoms with E-state index < -0.39 is 6.10 Å². The van der Waals surface area contributed by atoms with Crippen LogP contribution in [-0.2, 0) is 0 Å². The standard InChI is InChI=1S/C16H23BrO3/c1-16(7-5-4-6-8-16)15(18)11-9-14(20-3)12(17)10-13(11)19-2/h9-10,15,18H,4-8H2,1-3H3. The number of ether oxygens (including phenoxy) is 2. The van der Waals surface area contributed by atoms with E-state index >= 15 is 0 Å². The van der Waals surface area contributed by atoms with Gasteiger partial charge in [0.1, 0.15) is 11.5 Å². The minimum atomic E-state index is -0.528. The lowest BCUT2D eigenvalue weighted by Crippen LogP contribution is -2.28. The molecule has 1 unspecified atom stereocenters. The second kappa shape index (κ2) is 6.35. The van der Waals surface area contributed by atoms with E-state index in [2.05, 4.69) is 22.9 Å². The third kappa shape index (κ3) is 2.96. The predicted molar refractivity (Wildman–Crippen MR) is 83.4 cm³/mol. The fourth-order valence-electron chi connectivity index (χ4n) is 3.11. The van der Waals surface area contributed by atoms with Gasteiger partial charge in [-0.2, -0.15) is 0 Å². The molecule has 1 N–H and O–H groups in total. The van der Waals surface area contributed by atoms with E-state index in [1.165, 1.54) is 19.3 Å². The highest BCUT2D eigenvalue weighted by Gasteiger charge is 2.37. The average molecular weight is 343 g/mol. The maximum Gasteiger partial charge on any atom is 0.133 e. The molecule has 112 valence electrons. The molecule has 0 spiro atoms. The van der Waals surface area contributed by atoms with Gasteiger partial charge in [0.2, 0.25) is 0 Å². The topological polar surface area (TPSA) is 38.7 Å². The van der Waals surface area contributed by atoms with Crippen molar-refractivity contribution in [2.75, 3.05) is 14.2 Å². The largest absolute Gasteiger partial charge is 0.496 e. The number of aliphatic hydroxyl groups excluding tert-OH is 1. The molecule has 4 heteroatoms. The third-order valence-electron chi connectivity index (χ3n) is 4.45. The summed E-state index contributed by atoms with van der Waals surface area (Å²) < 4.78 is 11.6. The van der Waals surface area contributed by atoms with Crippen molar-refractivity contribution in [1.29, 1.82) is 0 Å². The number of benzene rings is 1. The molecule has 0 heterocycles. The molecule has 1 aromatic rings. The van der Waals surface area contributed by atoms with Gasteiger partial charge in [-0.15, -0.1) is 0 Å². The Morgan fingerprint density at radius 3 is 2.25 bits per heavy atom. The molecule has 1 atom stereocenters. The van der Waals surface area contributed by atoms with Crippen LogP contribution < -0.4 is 9.47 Å². The van der Waals surface area contributed by atoms with Crippen LogP contribution >= 0.6 is 15.9 Å². The Balaban J connectivity index is 2.39. The Morgan fingerprint density at radius 2 is 1.70 bits per heavy atom. The SMILES string of the molecule is COc1cc(C(O)C2(C)CCCCC2)c(OC)cc1Br. The van der Waals surface area contributed by atoms with Gasteiger partial charge in [-0.3, -0.25) is 0 Å². The van der Waals surface area contributed by atoms with Gasteiger partial charge in [0.25, 0.3) is 0 Å². The van der Waals surface area contributed by atoms with Crippen LogP contribution in [0.3, 0.4) is 0 Å². The Morgan fingerprint density at radius 1 is 1.10 bits per heavy atom. The van der Waals surface area contributed by atoms with Gasteiger partial charge in [-0.05, 0) is 46.3 Å².